The fraction of sp³-hybridized carbons (Fsp3) is 0.182. The lowest BCUT2D eigenvalue weighted by Crippen LogP contribution is -2.22. The number of H-pyrrole nitrogens is 1. The molecule has 8 nitrogen and oxygen atoms in total. The normalized spacial score (nSPS) is 11.9. The first-order valence-electron chi connectivity index (χ1n) is 5.74. The van der Waals surface area contributed by atoms with E-state index in [1.807, 2.05) is 0 Å². The van der Waals surface area contributed by atoms with Crippen molar-refractivity contribution in [3.8, 4) is 0 Å². The third kappa shape index (κ3) is 3.92. The van der Waals surface area contributed by atoms with Gasteiger partial charge in [0.05, 0.1) is 20.9 Å². The highest BCUT2D eigenvalue weighted by atomic mass is 35.5. The average Bonchev–Trinajstić information content (AvgIpc) is 2.93. The van der Waals surface area contributed by atoms with Gasteiger partial charge in [-0.1, -0.05) is 23.4 Å². The summed E-state index contributed by atoms with van der Waals surface area (Å²) < 4.78 is 0. The van der Waals surface area contributed by atoms with Crippen LogP contribution in [0.2, 0.25) is 5.02 Å². The molecule has 0 aliphatic carbocycles. The van der Waals surface area contributed by atoms with Gasteiger partial charge in [-0.2, -0.15) is 5.10 Å². The minimum atomic E-state index is -0.557. The van der Waals surface area contributed by atoms with Gasteiger partial charge in [0.2, 0.25) is 5.91 Å². The molecule has 110 valence electrons. The molecule has 0 fully saturated rings. The Hall–Kier alpha value is -2.13. The summed E-state index contributed by atoms with van der Waals surface area (Å²) >= 11 is 7.10. The molecule has 0 aliphatic rings. The maximum Gasteiger partial charge on any atom is 0.271 e. The number of rotatable bonds is 5. The second kappa shape index (κ2) is 6.55. The zero-order chi connectivity index (χ0) is 15.4. The summed E-state index contributed by atoms with van der Waals surface area (Å²) in [6, 6.07) is 3.85. The second-order valence-corrected chi connectivity index (χ2v) is 5.70. The molecule has 0 radical (unpaired) electrons. The summed E-state index contributed by atoms with van der Waals surface area (Å²) in [6.07, 6.45) is 1.34. The molecular formula is C11H10ClN5O3S. The third-order valence-corrected chi connectivity index (χ3v) is 3.79. The number of nitrogens with one attached hydrogen (secondary N) is 2. The van der Waals surface area contributed by atoms with Crippen LogP contribution in [-0.4, -0.2) is 31.3 Å². The topological polar surface area (TPSA) is 114 Å². The van der Waals surface area contributed by atoms with E-state index in [0.717, 1.165) is 0 Å². The number of nitro groups is 1. The van der Waals surface area contributed by atoms with Gasteiger partial charge in [-0.15, -0.1) is 0 Å². The first kappa shape index (κ1) is 15.3. The molecule has 21 heavy (non-hydrogen) atoms. The molecule has 0 saturated carbocycles. The Bertz CT molecular complexity index is 664. The predicted octanol–water partition coefficient (Wildman–Crippen LogP) is 2.49. The average molecular weight is 328 g/mol. The van der Waals surface area contributed by atoms with Crippen molar-refractivity contribution in [1.82, 2.24) is 15.2 Å². The van der Waals surface area contributed by atoms with Crippen LogP contribution in [0, 0.1) is 10.1 Å². The van der Waals surface area contributed by atoms with Crippen molar-refractivity contribution in [1.29, 1.82) is 0 Å². The molecule has 1 amide bonds. The van der Waals surface area contributed by atoms with Gasteiger partial charge in [-0.25, -0.2) is 4.98 Å². The van der Waals surface area contributed by atoms with Crippen molar-refractivity contribution in [2.24, 2.45) is 0 Å². The van der Waals surface area contributed by atoms with E-state index in [1.165, 1.54) is 36.3 Å². The highest BCUT2D eigenvalue weighted by Crippen LogP contribution is 2.28. The smallest absolute Gasteiger partial charge is 0.271 e. The van der Waals surface area contributed by atoms with E-state index in [2.05, 4.69) is 20.5 Å². The summed E-state index contributed by atoms with van der Waals surface area (Å²) in [5.41, 5.74) is 0.0473. The van der Waals surface area contributed by atoms with Crippen molar-refractivity contribution in [3.05, 3.63) is 39.7 Å². The number of nitro benzene ring substituents is 1. The van der Waals surface area contributed by atoms with Crippen molar-refractivity contribution >= 4 is 40.6 Å². The Morgan fingerprint density at radius 2 is 2.33 bits per heavy atom. The second-order valence-electron chi connectivity index (χ2n) is 3.96. The van der Waals surface area contributed by atoms with Gasteiger partial charge in [-0.3, -0.25) is 20.0 Å². The highest BCUT2D eigenvalue weighted by Gasteiger charge is 2.18. The number of carbonyl (C=O) groups excluding carboxylic acids is 1. The summed E-state index contributed by atoms with van der Waals surface area (Å²) in [7, 11) is 0. The Labute approximate surface area is 128 Å². The lowest BCUT2D eigenvalue weighted by Gasteiger charge is -2.11. The number of benzene rings is 1. The number of anilines is 1. The van der Waals surface area contributed by atoms with E-state index >= 15 is 0 Å². The third-order valence-electron chi connectivity index (χ3n) is 2.47. The first-order valence-corrected chi connectivity index (χ1v) is 7.00. The Balaban J connectivity index is 2.08. The van der Waals surface area contributed by atoms with Crippen molar-refractivity contribution in [3.63, 3.8) is 0 Å². The number of aromatic nitrogens is 3. The number of non-ortho nitro benzene ring substituents is 1. The molecule has 1 aromatic carbocycles. The number of amides is 1. The Morgan fingerprint density at radius 3 is 2.95 bits per heavy atom. The van der Waals surface area contributed by atoms with Gasteiger partial charge in [0, 0.05) is 12.1 Å². The van der Waals surface area contributed by atoms with Crippen LogP contribution in [0.5, 0.6) is 0 Å². The maximum atomic E-state index is 12.0. The molecule has 2 rings (SSSR count). The van der Waals surface area contributed by atoms with Gasteiger partial charge in [-0.05, 0) is 13.0 Å². The molecule has 0 aliphatic heterocycles. The molecule has 1 aromatic heterocycles. The molecule has 2 aromatic rings. The predicted molar refractivity (Wildman–Crippen MR) is 78.4 cm³/mol. The lowest BCUT2D eigenvalue weighted by molar-refractivity contribution is -0.384. The molecule has 0 saturated heterocycles. The fourth-order valence-electron chi connectivity index (χ4n) is 1.43. The molecule has 1 unspecified atom stereocenters. The van der Waals surface area contributed by atoms with Crippen LogP contribution >= 0.6 is 23.4 Å². The van der Waals surface area contributed by atoms with E-state index in [9.17, 15) is 14.9 Å². The van der Waals surface area contributed by atoms with Gasteiger partial charge < -0.3 is 5.32 Å². The summed E-state index contributed by atoms with van der Waals surface area (Å²) in [5.74, 6) is -0.348. The summed E-state index contributed by atoms with van der Waals surface area (Å²) in [5, 5.41) is 19.8. The van der Waals surface area contributed by atoms with E-state index in [4.69, 9.17) is 11.6 Å². The van der Waals surface area contributed by atoms with Gasteiger partial charge in [0.1, 0.15) is 6.33 Å². The van der Waals surface area contributed by atoms with Crippen LogP contribution < -0.4 is 5.32 Å². The van der Waals surface area contributed by atoms with Gasteiger partial charge >= 0.3 is 0 Å². The van der Waals surface area contributed by atoms with Gasteiger partial charge in [0.15, 0.2) is 5.16 Å². The first-order chi connectivity index (χ1) is 9.97. The zero-order valence-electron chi connectivity index (χ0n) is 10.7. The monoisotopic (exact) mass is 327 g/mol. The summed E-state index contributed by atoms with van der Waals surface area (Å²) in [4.78, 5) is 26.1. The van der Waals surface area contributed by atoms with Gasteiger partial charge in [0.25, 0.3) is 5.69 Å². The van der Waals surface area contributed by atoms with Crippen molar-refractivity contribution < 1.29 is 9.72 Å². The number of nitrogens with zero attached hydrogens (tertiary/aromatic N) is 3. The van der Waals surface area contributed by atoms with E-state index in [1.54, 1.807) is 6.92 Å². The van der Waals surface area contributed by atoms with Crippen molar-refractivity contribution in [2.75, 3.05) is 5.32 Å². The molecule has 1 heterocycles. The molecule has 10 heteroatoms. The lowest BCUT2D eigenvalue weighted by atomic mass is 10.2. The molecule has 0 spiro atoms. The van der Waals surface area contributed by atoms with Crippen molar-refractivity contribution in [2.45, 2.75) is 17.3 Å². The minimum absolute atomic E-state index is 0.148. The van der Waals surface area contributed by atoms with E-state index < -0.39 is 10.2 Å². The molecule has 2 N–H and O–H groups in total. The number of thioether (sulfide) groups is 1. The fourth-order valence-corrected chi connectivity index (χ4v) is 2.31. The van der Waals surface area contributed by atoms with Crippen LogP contribution in [0.4, 0.5) is 11.4 Å². The number of hydrogen-bond acceptors (Lipinski definition) is 6. The summed E-state index contributed by atoms with van der Waals surface area (Å²) in [6.45, 7) is 1.67. The quantitative estimate of drug-likeness (QED) is 0.495. The number of aromatic amines is 1. The van der Waals surface area contributed by atoms with Crippen LogP contribution in [0.25, 0.3) is 0 Å². The Morgan fingerprint density at radius 1 is 1.57 bits per heavy atom. The van der Waals surface area contributed by atoms with Crippen LogP contribution in [0.3, 0.4) is 0 Å². The number of halogens is 1. The Kier molecular flexibility index (Phi) is 4.76. The SMILES string of the molecule is CC(Sc1ncn[nH]1)C(=O)Nc1cc([N+](=O)[O-])ccc1Cl. The highest BCUT2D eigenvalue weighted by molar-refractivity contribution is 8.00. The maximum absolute atomic E-state index is 12.0. The zero-order valence-corrected chi connectivity index (χ0v) is 12.3. The number of carbonyl (C=O) groups is 1. The number of hydrogen-bond donors (Lipinski definition) is 2. The molecular weight excluding hydrogens is 318 g/mol. The van der Waals surface area contributed by atoms with E-state index in [0.29, 0.717) is 5.16 Å². The largest absolute Gasteiger partial charge is 0.324 e. The molecule has 1 atom stereocenters. The molecule has 0 bridgehead atoms. The minimum Gasteiger partial charge on any atom is -0.324 e. The van der Waals surface area contributed by atoms with Crippen LogP contribution in [-0.2, 0) is 4.79 Å². The van der Waals surface area contributed by atoms with E-state index in [-0.39, 0.29) is 22.3 Å². The van der Waals surface area contributed by atoms with Crippen LogP contribution in [0.15, 0.2) is 29.7 Å². The van der Waals surface area contributed by atoms with Crippen LogP contribution in [0.1, 0.15) is 6.92 Å². The standard InChI is InChI=1S/C11H10ClN5O3S/c1-6(21-11-13-5-14-16-11)10(18)15-9-4-7(17(19)20)2-3-8(9)12/h2-6H,1H3,(H,15,18)(H,13,14,16).